The SMILES string of the molecule is C[Si](C)(C)CCO[C@@H]1O[C@H](CO)[C@@H](O)[C@H](OCc2ccccc2)[C@H]1OC(=O)CCl. The average molecular weight is 447 g/mol. The van der Waals surface area contributed by atoms with Crippen LogP contribution in [0.4, 0.5) is 0 Å². The van der Waals surface area contributed by atoms with Crippen LogP contribution in [0.3, 0.4) is 0 Å². The maximum absolute atomic E-state index is 11.9. The minimum absolute atomic E-state index is 0.192. The first-order valence-electron chi connectivity index (χ1n) is 9.72. The zero-order valence-electron chi connectivity index (χ0n) is 17.1. The van der Waals surface area contributed by atoms with Crippen molar-refractivity contribution < 1.29 is 34.0 Å². The van der Waals surface area contributed by atoms with Crippen molar-refractivity contribution in [1.82, 2.24) is 0 Å². The molecule has 0 radical (unpaired) electrons. The summed E-state index contributed by atoms with van der Waals surface area (Å²) in [5, 5.41) is 20.3. The molecule has 1 aliphatic rings. The predicted octanol–water partition coefficient (Wildman–Crippen LogP) is 2.16. The van der Waals surface area contributed by atoms with Gasteiger partial charge in [-0.2, -0.15) is 0 Å². The maximum atomic E-state index is 11.9. The number of ether oxygens (including phenoxy) is 4. The number of aliphatic hydroxyl groups excluding tert-OH is 2. The van der Waals surface area contributed by atoms with Crippen LogP contribution in [-0.2, 0) is 30.3 Å². The number of benzene rings is 1. The zero-order valence-corrected chi connectivity index (χ0v) is 18.9. The molecule has 29 heavy (non-hydrogen) atoms. The lowest BCUT2D eigenvalue weighted by Gasteiger charge is -2.43. The molecule has 0 saturated carbocycles. The van der Waals surface area contributed by atoms with Crippen molar-refractivity contribution in [3.63, 3.8) is 0 Å². The van der Waals surface area contributed by atoms with Crippen LogP contribution < -0.4 is 0 Å². The van der Waals surface area contributed by atoms with Gasteiger partial charge in [0.25, 0.3) is 0 Å². The number of carbonyl (C=O) groups excluding carboxylic acids is 1. The molecule has 1 fully saturated rings. The Morgan fingerprint density at radius 1 is 1.17 bits per heavy atom. The molecule has 0 aliphatic carbocycles. The van der Waals surface area contributed by atoms with E-state index >= 15 is 0 Å². The van der Waals surface area contributed by atoms with Gasteiger partial charge in [-0.15, -0.1) is 11.6 Å². The van der Waals surface area contributed by atoms with Gasteiger partial charge in [0.2, 0.25) is 0 Å². The number of halogens is 1. The molecule has 1 heterocycles. The van der Waals surface area contributed by atoms with Gasteiger partial charge in [-0.3, -0.25) is 4.79 Å². The van der Waals surface area contributed by atoms with Crippen molar-refractivity contribution >= 4 is 25.6 Å². The summed E-state index contributed by atoms with van der Waals surface area (Å²) in [4.78, 5) is 11.9. The van der Waals surface area contributed by atoms with Crippen molar-refractivity contribution in [3.05, 3.63) is 35.9 Å². The molecule has 2 rings (SSSR count). The monoisotopic (exact) mass is 446 g/mol. The highest BCUT2D eigenvalue weighted by atomic mass is 35.5. The number of aliphatic hydroxyl groups is 2. The summed E-state index contributed by atoms with van der Waals surface area (Å²) < 4.78 is 22.9. The summed E-state index contributed by atoms with van der Waals surface area (Å²) in [5.74, 6) is -1.01. The standard InChI is InChI=1S/C20H31ClO7Si/c1-29(2,3)10-9-25-20-19(28-16(23)11-21)18(17(24)15(12-22)27-20)26-13-14-7-5-4-6-8-14/h4-8,15,17-20,22,24H,9-13H2,1-3H3/t15-,17-,18+,19-,20-/m1/s1. The Morgan fingerprint density at radius 3 is 2.45 bits per heavy atom. The third-order valence-electron chi connectivity index (χ3n) is 4.59. The molecule has 0 bridgehead atoms. The number of esters is 1. The van der Waals surface area contributed by atoms with Crippen molar-refractivity contribution in [1.29, 1.82) is 0 Å². The molecular formula is C20H31ClO7Si. The maximum Gasteiger partial charge on any atom is 0.321 e. The number of hydrogen-bond acceptors (Lipinski definition) is 7. The fraction of sp³-hybridized carbons (Fsp3) is 0.650. The van der Waals surface area contributed by atoms with Gasteiger partial charge >= 0.3 is 5.97 Å². The molecule has 1 saturated heterocycles. The minimum atomic E-state index is -1.36. The van der Waals surface area contributed by atoms with E-state index in [0.717, 1.165) is 11.6 Å². The molecule has 9 heteroatoms. The Morgan fingerprint density at radius 2 is 1.86 bits per heavy atom. The van der Waals surface area contributed by atoms with Gasteiger partial charge in [0.15, 0.2) is 12.4 Å². The Hall–Kier alpha value is -1.00. The van der Waals surface area contributed by atoms with Gasteiger partial charge in [0.05, 0.1) is 13.2 Å². The quantitative estimate of drug-likeness (QED) is 0.323. The Bertz CT molecular complexity index is 625. The molecule has 1 aromatic carbocycles. The van der Waals surface area contributed by atoms with Gasteiger partial charge < -0.3 is 29.2 Å². The van der Waals surface area contributed by atoms with Crippen LogP contribution in [0.2, 0.25) is 25.7 Å². The second kappa shape index (κ2) is 11.4. The van der Waals surface area contributed by atoms with E-state index in [1.807, 2.05) is 30.3 Å². The summed E-state index contributed by atoms with van der Waals surface area (Å²) in [6.45, 7) is 6.84. The fourth-order valence-electron chi connectivity index (χ4n) is 2.92. The first-order valence-corrected chi connectivity index (χ1v) is 14.0. The number of rotatable bonds is 10. The zero-order chi connectivity index (χ0) is 21.4. The highest BCUT2D eigenvalue weighted by Crippen LogP contribution is 2.28. The summed E-state index contributed by atoms with van der Waals surface area (Å²) in [7, 11) is -1.36. The molecule has 1 aromatic rings. The van der Waals surface area contributed by atoms with Crippen LogP contribution in [0.5, 0.6) is 0 Å². The van der Waals surface area contributed by atoms with Gasteiger partial charge in [0.1, 0.15) is 24.2 Å². The third-order valence-corrected chi connectivity index (χ3v) is 6.52. The average Bonchev–Trinajstić information content (AvgIpc) is 2.68. The third kappa shape index (κ3) is 7.64. The molecule has 0 aromatic heterocycles. The molecular weight excluding hydrogens is 416 g/mol. The first-order chi connectivity index (χ1) is 13.7. The molecule has 2 N–H and O–H groups in total. The van der Waals surface area contributed by atoms with E-state index in [2.05, 4.69) is 19.6 Å². The smallest absolute Gasteiger partial charge is 0.321 e. The Kier molecular flexibility index (Phi) is 9.54. The Balaban J connectivity index is 2.16. The second-order valence-electron chi connectivity index (χ2n) is 8.25. The normalized spacial score (nSPS) is 27.6. The van der Waals surface area contributed by atoms with Crippen LogP contribution in [0.25, 0.3) is 0 Å². The molecule has 5 atom stereocenters. The summed E-state index contributed by atoms with van der Waals surface area (Å²) in [5.41, 5.74) is 0.894. The van der Waals surface area contributed by atoms with Crippen LogP contribution in [0.15, 0.2) is 30.3 Å². The minimum Gasteiger partial charge on any atom is -0.453 e. The largest absolute Gasteiger partial charge is 0.453 e. The first kappa shape index (κ1) is 24.3. The van der Waals surface area contributed by atoms with E-state index < -0.39 is 51.4 Å². The fourth-order valence-corrected chi connectivity index (χ4v) is 3.72. The summed E-state index contributed by atoms with van der Waals surface area (Å²) >= 11 is 5.60. The predicted molar refractivity (Wildman–Crippen MR) is 111 cm³/mol. The van der Waals surface area contributed by atoms with Crippen LogP contribution in [-0.4, -0.2) is 74.1 Å². The second-order valence-corrected chi connectivity index (χ2v) is 14.1. The van der Waals surface area contributed by atoms with Gasteiger partial charge in [-0.05, 0) is 11.6 Å². The summed E-state index contributed by atoms with van der Waals surface area (Å²) in [6, 6.07) is 10.3. The highest BCUT2D eigenvalue weighted by Gasteiger charge is 2.48. The van der Waals surface area contributed by atoms with Crippen LogP contribution in [0, 0.1) is 0 Å². The topological polar surface area (TPSA) is 94.5 Å². The van der Waals surface area contributed by atoms with Crippen LogP contribution in [0.1, 0.15) is 5.56 Å². The molecule has 7 nitrogen and oxygen atoms in total. The highest BCUT2D eigenvalue weighted by molar-refractivity contribution is 6.76. The van der Waals surface area contributed by atoms with Crippen molar-refractivity contribution in [3.8, 4) is 0 Å². The molecule has 164 valence electrons. The van der Waals surface area contributed by atoms with E-state index in [4.69, 9.17) is 30.5 Å². The van der Waals surface area contributed by atoms with E-state index in [1.54, 1.807) is 0 Å². The Labute approximate surface area is 177 Å². The van der Waals surface area contributed by atoms with Crippen molar-refractivity contribution in [2.45, 2.75) is 63.0 Å². The molecule has 0 amide bonds. The van der Waals surface area contributed by atoms with Gasteiger partial charge in [-0.25, -0.2) is 0 Å². The van der Waals surface area contributed by atoms with E-state index in [-0.39, 0.29) is 12.5 Å². The lowest BCUT2D eigenvalue weighted by atomic mass is 9.98. The molecule has 0 unspecified atom stereocenters. The number of carbonyl (C=O) groups is 1. The lowest BCUT2D eigenvalue weighted by molar-refractivity contribution is -0.310. The molecule has 1 aliphatic heterocycles. The number of alkyl halides is 1. The molecule has 0 spiro atoms. The van der Waals surface area contributed by atoms with E-state index in [9.17, 15) is 15.0 Å². The van der Waals surface area contributed by atoms with Crippen molar-refractivity contribution in [2.24, 2.45) is 0 Å². The van der Waals surface area contributed by atoms with Crippen molar-refractivity contribution in [2.75, 3.05) is 19.1 Å². The van der Waals surface area contributed by atoms with E-state index in [1.165, 1.54) is 0 Å². The van der Waals surface area contributed by atoms with Gasteiger partial charge in [0, 0.05) is 14.7 Å². The van der Waals surface area contributed by atoms with Crippen LogP contribution >= 0.6 is 11.6 Å². The van der Waals surface area contributed by atoms with Gasteiger partial charge in [-0.1, -0.05) is 50.0 Å². The summed E-state index contributed by atoms with van der Waals surface area (Å²) in [6.07, 6.45) is -5.04. The lowest BCUT2D eigenvalue weighted by Crippen LogP contribution is -2.61. The number of hydrogen-bond donors (Lipinski definition) is 2. The van der Waals surface area contributed by atoms with E-state index in [0.29, 0.717) is 6.61 Å².